The maximum absolute atomic E-state index is 15.2. The van der Waals surface area contributed by atoms with Crippen molar-refractivity contribution in [1.29, 1.82) is 0 Å². The Morgan fingerprint density at radius 3 is 2.49 bits per heavy atom. The van der Waals surface area contributed by atoms with Crippen LogP contribution in [0.3, 0.4) is 0 Å². The summed E-state index contributed by atoms with van der Waals surface area (Å²) in [6.45, 7) is 4.06. The van der Waals surface area contributed by atoms with E-state index in [0.717, 1.165) is 22.1 Å². The monoisotopic (exact) mass is 544 g/mol. The summed E-state index contributed by atoms with van der Waals surface area (Å²) in [5.74, 6) is -1.73. The Balaban J connectivity index is 1.56. The van der Waals surface area contributed by atoms with Crippen LogP contribution in [0, 0.1) is 17.0 Å². The van der Waals surface area contributed by atoms with Crippen LogP contribution in [0.1, 0.15) is 52.6 Å². The van der Waals surface area contributed by atoms with Crippen molar-refractivity contribution < 1.29 is 18.3 Å². The molecule has 0 bridgehead atoms. The molecule has 0 radical (unpaired) electrons. The van der Waals surface area contributed by atoms with Crippen molar-refractivity contribution in [3.8, 4) is 5.75 Å². The van der Waals surface area contributed by atoms with E-state index in [1.54, 1.807) is 16.9 Å². The van der Waals surface area contributed by atoms with E-state index in [2.05, 4.69) is 0 Å². The third kappa shape index (κ3) is 4.33. The van der Waals surface area contributed by atoms with Gasteiger partial charge in [-0.1, -0.05) is 68.4 Å². The van der Waals surface area contributed by atoms with Crippen molar-refractivity contribution in [3.63, 3.8) is 0 Å². The minimum Gasteiger partial charge on any atom is -0.483 e. The minimum atomic E-state index is -0.897. The van der Waals surface area contributed by atoms with Crippen molar-refractivity contribution in [2.45, 2.75) is 37.1 Å². The van der Waals surface area contributed by atoms with E-state index >= 15 is 4.39 Å². The molecule has 0 aliphatic carbocycles. The SMILES string of the molecule is CC1(C)CN(C2c3ccccc3SCc3c2ccc(F)c3F)n2ccc(=O)c(OCc3ccccc3)c2C1=O. The summed E-state index contributed by atoms with van der Waals surface area (Å²) < 4.78 is 37.3. The van der Waals surface area contributed by atoms with Crippen LogP contribution in [0.5, 0.6) is 5.75 Å². The lowest BCUT2D eigenvalue weighted by atomic mass is 9.82. The fourth-order valence-electron chi connectivity index (χ4n) is 5.38. The van der Waals surface area contributed by atoms with Crippen LogP contribution in [0.2, 0.25) is 0 Å². The van der Waals surface area contributed by atoms with Crippen LogP contribution in [0.4, 0.5) is 8.78 Å². The smallest absolute Gasteiger partial charge is 0.224 e. The lowest BCUT2D eigenvalue weighted by molar-refractivity contribution is 0.0783. The van der Waals surface area contributed by atoms with Crippen molar-refractivity contribution in [1.82, 2.24) is 4.68 Å². The molecule has 0 amide bonds. The number of fused-ring (bicyclic) bond motifs is 3. The molecule has 4 aromatic rings. The Morgan fingerprint density at radius 1 is 0.949 bits per heavy atom. The molecule has 0 N–H and O–H groups in total. The molecule has 8 heteroatoms. The second-order valence-electron chi connectivity index (χ2n) is 10.4. The number of hydrogen-bond acceptors (Lipinski definition) is 5. The van der Waals surface area contributed by atoms with Gasteiger partial charge in [-0.25, -0.2) is 8.78 Å². The van der Waals surface area contributed by atoms with Crippen LogP contribution in [-0.2, 0) is 12.4 Å². The van der Waals surface area contributed by atoms with Gasteiger partial charge in [0.1, 0.15) is 6.61 Å². The average Bonchev–Trinajstić information content (AvgIpc) is 3.10. The molecule has 0 saturated carbocycles. The summed E-state index contributed by atoms with van der Waals surface area (Å²) in [5.41, 5.74) is 1.54. The van der Waals surface area contributed by atoms with Crippen LogP contribution in [0.15, 0.2) is 88.7 Å². The Labute approximate surface area is 229 Å². The Hall–Kier alpha value is -3.91. The van der Waals surface area contributed by atoms with E-state index in [0.29, 0.717) is 11.1 Å². The van der Waals surface area contributed by atoms with E-state index in [4.69, 9.17) is 4.74 Å². The summed E-state index contributed by atoms with van der Waals surface area (Å²) in [7, 11) is 0. The number of pyridine rings is 1. The quantitative estimate of drug-likeness (QED) is 0.304. The Bertz CT molecular complexity index is 1650. The summed E-state index contributed by atoms with van der Waals surface area (Å²) >= 11 is 1.45. The number of halogens is 2. The summed E-state index contributed by atoms with van der Waals surface area (Å²) in [6.07, 6.45) is 1.57. The Kier molecular flexibility index (Phi) is 6.30. The van der Waals surface area contributed by atoms with Gasteiger partial charge in [0.15, 0.2) is 28.9 Å². The van der Waals surface area contributed by atoms with Gasteiger partial charge in [0.05, 0.1) is 6.04 Å². The standard InChI is InChI=1S/C31H26F2N2O3S/c1-31(2)18-35(27-20-12-13-23(32)26(33)22(20)17-39-25-11-7-6-10-21(25)27)34-15-14-24(36)29(28(34)30(31)37)38-16-19-8-4-3-5-9-19/h3-15,27H,16-18H2,1-2H3. The first-order valence-electron chi connectivity index (χ1n) is 12.7. The normalized spacial score (nSPS) is 17.6. The van der Waals surface area contributed by atoms with Crippen LogP contribution in [0.25, 0.3) is 0 Å². The molecule has 2 aliphatic heterocycles. The third-order valence-electron chi connectivity index (χ3n) is 7.34. The van der Waals surface area contributed by atoms with Crippen molar-refractivity contribution >= 4 is 17.5 Å². The van der Waals surface area contributed by atoms with Crippen LogP contribution in [-0.4, -0.2) is 17.0 Å². The molecule has 1 unspecified atom stereocenters. The zero-order chi connectivity index (χ0) is 27.3. The van der Waals surface area contributed by atoms with Crippen LogP contribution < -0.4 is 15.2 Å². The van der Waals surface area contributed by atoms with Gasteiger partial charge in [0, 0.05) is 40.4 Å². The van der Waals surface area contributed by atoms with Gasteiger partial charge < -0.3 is 4.74 Å². The molecule has 39 heavy (non-hydrogen) atoms. The van der Waals surface area contributed by atoms with Gasteiger partial charge in [-0.3, -0.25) is 19.3 Å². The molecule has 0 saturated heterocycles. The molecule has 5 nitrogen and oxygen atoms in total. The van der Waals surface area contributed by atoms with E-state index in [-0.39, 0.29) is 36.1 Å². The number of carbonyl (C=O) groups is 1. The first-order valence-corrected chi connectivity index (χ1v) is 13.7. The van der Waals surface area contributed by atoms with Gasteiger partial charge in [-0.15, -0.1) is 11.8 Å². The molecule has 3 heterocycles. The number of benzene rings is 3. The summed E-state index contributed by atoms with van der Waals surface area (Å²) in [4.78, 5) is 27.9. The highest BCUT2D eigenvalue weighted by atomic mass is 32.2. The number of rotatable bonds is 4. The van der Waals surface area contributed by atoms with E-state index in [9.17, 15) is 14.0 Å². The van der Waals surface area contributed by atoms with Gasteiger partial charge in [0.2, 0.25) is 5.43 Å². The second kappa shape index (κ2) is 9.68. The maximum atomic E-state index is 15.2. The fourth-order valence-corrected chi connectivity index (χ4v) is 6.49. The molecular formula is C31H26F2N2O3S. The lowest BCUT2D eigenvalue weighted by Crippen LogP contribution is -2.54. The predicted octanol–water partition coefficient (Wildman–Crippen LogP) is 6.26. The zero-order valence-electron chi connectivity index (χ0n) is 21.5. The maximum Gasteiger partial charge on any atom is 0.224 e. The zero-order valence-corrected chi connectivity index (χ0v) is 22.3. The number of ether oxygens (including phenoxy) is 1. The first kappa shape index (κ1) is 25.4. The van der Waals surface area contributed by atoms with Gasteiger partial charge in [-0.2, -0.15) is 0 Å². The van der Waals surface area contributed by atoms with E-state index in [1.165, 1.54) is 17.8 Å². The molecule has 198 valence electrons. The average molecular weight is 545 g/mol. The number of aromatic nitrogens is 1. The van der Waals surface area contributed by atoms with Gasteiger partial charge >= 0.3 is 0 Å². The van der Waals surface area contributed by atoms with E-state index in [1.807, 2.05) is 73.5 Å². The summed E-state index contributed by atoms with van der Waals surface area (Å²) in [5, 5.41) is 1.96. The van der Waals surface area contributed by atoms with Crippen molar-refractivity contribution in [3.05, 3.63) is 129 Å². The van der Waals surface area contributed by atoms with Crippen molar-refractivity contribution in [2.24, 2.45) is 5.41 Å². The molecule has 1 atom stereocenters. The minimum absolute atomic E-state index is 0.0223. The number of hydrogen-bond donors (Lipinski definition) is 0. The first-order chi connectivity index (χ1) is 18.8. The largest absolute Gasteiger partial charge is 0.483 e. The highest BCUT2D eigenvalue weighted by Crippen LogP contribution is 2.45. The molecule has 2 aliphatic rings. The molecule has 6 rings (SSSR count). The van der Waals surface area contributed by atoms with Crippen LogP contribution >= 0.6 is 11.8 Å². The molecule has 3 aromatic carbocycles. The molecular weight excluding hydrogens is 518 g/mol. The number of nitrogens with zero attached hydrogens (tertiary/aromatic N) is 2. The highest BCUT2D eigenvalue weighted by Gasteiger charge is 2.44. The van der Waals surface area contributed by atoms with Gasteiger partial charge in [-0.05, 0) is 28.8 Å². The number of carbonyl (C=O) groups excluding carboxylic acids is 1. The Morgan fingerprint density at radius 2 is 1.69 bits per heavy atom. The fraction of sp³-hybridized carbons (Fsp3) is 0.226. The summed E-state index contributed by atoms with van der Waals surface area (Å²) in [6, 6.07) is 20.8. The number of thioether (sulfide) groups is 1. The molecule has 1 aromatic heterocycles. The molecule has 0 fully saturated rings. The highest BCUT2D eigenvalue weighted by molar-refractivity contribution is 7.98. The third-order valence-corrected chi connectivity index (χ3v) is 8.45. The van der Waals surface area contributed by atoms with Gasteiger partial charge in [0.25, 0.3) is 0 Å². The second-order valence-corrected chi connectivity index (χ2v) is 11.5. The topological polar surface area (TPSA) is 51.5 Å². The van der Waals surface area contributed by atoms with E-state index < -0.39 is 28.5 Å². The lowest BCUT2D eigenvalue weighted by Gasteiger charge is -2.45. The number of ketones is 1. The number of Topliss-reactive ketones (excluding diaryl/α,β-unsaturated/α-hetero) is 1. The molecule has 0 spiro atoms. The predicted molar refractivity (Wildman–Crippen MR) is 147 cm³/mol. The van der Waals surface area contributed by atoms with Crippen molar-refractivity contribution in [2.75, 3.05) is 11.6 Å².